The number of hydrogen-bond acceptors (Lipinski definition) is 4. The van der Waals surface area contributed by atoms with Gasteiger partial charge in [0.2, 0.25) is 5.28 Å². The van der Waals surface area contributed by atoms with Crippen LogP contribution in [0.1, 0.15) is 5.76 Å². The third-order valence-corrected chi connectivity index (χ3v) is 1.91. The number of anilines is 1. The molecule has 0 atom stereocenters. The van der Waals surface area contributed by atoms with Gasteiger partial charge >= 0.3 is 0 Å². The molecule has 2 aromatic heterocycles. The van der Waals surface area contributed by atoms with Crippen molar-refractivity contribution in [3.63, 3.8) is 0 Å². The van der Waals surface area contributed by atoms with Crippen molar-refractivity contribution >= 4 is 17.4 Å². The van der Waals surface area contributed by atoms with Crippen LogP contribution >= 0.6 is 11.6 Å². The molecule has 1 N–H and O–H groups in total. The quantitative estimate of drug-likeness (QED) is 0.819. The molecule has 6 heteroatoms. The first-order valence-corrected chi connectivity index (χ1v) is 4.58. The van der Waals surface area contributed by atoms with E-state index >= 15 is 0 Å². The van der Waals surface area contributed by atoms with E-state index in [2.05, 4.69) is 15.3 Å². The third-order valence-electron chi connectivity index (χ3n) is 1.72. The highest BCUT2D eigenvalue weighted by Gasteiger charge is 2.05. The van der Waals surface area contributed by atoms with Crippen LogP contribution in [0, 0.1) is 5.82 Å². The van der Waals surface area contributed by atoms with Gasteiger partial charge in [-0.3, -0.25) is 0 Å². The number of aromatic nitrogens is 2. The number of halogens is 2. The molecule has 0 fully saturated rings. The summed E-state index contributed by atoms with van der Waals surface area (Å²) in [4.78, 5) is 7.20. The Morgan fingerprint density at radius 1 is 1.53 bits per heavy atom. The average molecular weight is 228 g/mol. The molecule has 78 valence electrons. The topological polar surface area (TPSA) is 51.0 Å². The van der Waals surface area contributed by atoms with Crippen LogP contribution in [0.3, 0.4) is 0 Å². The molecule has 0 unspecified atom stereocenters. The van der Waals surface area contributed by atoms with Gasteiger partial charge in [0.1, 0.15) is 5.76 Å². The second-order valence-electron chi connectivity index (χ2n) is 2.77. The van der Waals surface area contributed by atoms with Gasteiger partial charge in [-0.25, -0.2) is 9.37 Å². The summed E-state index contributed by atoms with van der Waals surface area (Å²) in [6, 6.07) is 3.52. The van der Waals surface area contributed by atoms with E-state index in [4.69, 9.17) is 16.0 Å². The fraction of sp³-hybridized carbons (Fsp3) is 0.111. The molecule has 2 aromatic rings. The van der Waals surface area contributed by atoms with Gasteiger partial charge in [0, 0.05) is 0 Å². The van der Waals surface area contributed by atoms with E-state index in [0.717, 1.165) is 6.20 Å². The molecule has 0 aliphatic heterocycles. The largest absolute Gasteiger partial charge is 0.467 e. The third kappa shape index (κ3) is 2.44. The molecule has 4 nitrogen and oxygen atoms in total. The van der Waals surface area contributed by atoms with Crippen LogP contribution < -0.4 is 5.32 Å². The number of rotatable bonds is 3. The Morgan fingerprint density at radius 2 is 2.40 bits per heavy atom. The molecule has 0 amide bonds. The van der Waals surface area contributed by atoms with Gasteiger partial charge < -0.3 is 9.73 Å². The van der Waals surface area contributed by atoms with Gasteiger partial charge in [0.25, 0.3) is 0 Å². The molecule has 0 saturated heterocycles. The highest BCUT2D eigenvalue weighted by atomic mass is 35.5. The lowest BCUT2D eigenvalue weighted by Gasteiger charge is -2.03. The van der Waals surface area contributed by atoms with Crippen molar-refractivity contribution in [1.29, 1.82) is 0 Å². The van der Waals surface area contributed by atoms with Crippen LogP contribution in [0.2, 0.25) is 5.28 Å². The zero-order valence-electron chi connectivity index (χ0n) is 7.58. The highest BCUT2D eigenvalue weighted by molar-refractivity contribution is 6.28. The first kappa shape index (κ1) is 9.92. The molecule has 0 aromatic carbocycles. The summed E-state index contributed by atoms with van der Waals surface area (Å²) >= 11 is 5.53. The smallest absolute Gasteiger partial charge is 0.224 e. The van der Waals surface area contributed by atoms with Crippen molar-refractivity contribution < 1.29 is 8.81 Å². The van der Waals surface area contributed by atoms with Crippen molar-refractivity contribution in [2.24, 2.45) is 0 Å². The normalized spacial score (nSPS) is 10.3. The van der Waals surface area contributed by atoms with Gasteiger partial charge in [-0.05, 0) is 23.7 Å². The summed E-state index contributed by atoms with van der Waals surface area (Å²) in [7, 11) is 0. The minimum atomic E-state index is -0.550. The summed E-state index contributed by atoms with van der Waals surface area (Å²) in [6.45, 7) is 0.345. The number of hydrogen-bond donors (Lipinski definition) is 1. The minimum Gasteiger partial charge on any atom is -0.467 e. The van der Waals surface area contributed by atoms with E-state index in [1.165, 1.54) is 0 Å². The second kappa shape index (κ2) is 4.27. The Hall–Kier alpha value is -1.62. The number of nitrogens with zero attached hydrogens (tertiary/aromatic N) is 2. The molecular weight excluding hydrogens is 221 g/mol. The molecule has 0 aliphatic rings. The second-order valence-corrected chi connectivity index (χ2v) is 3.11. The molecule has 2 heterocycles. The minimum absolute atomic E-state index is 0.00153. The highest BCUT2D eigenvalue weighted by Crippen LogP contribution is 2.13. The summed E-state index contributed by atoms with van der Waals surface area (Å²) < 4.78 is 18.2. The molecule has 0 aliphatic carbocycles. The Bertz CT molecular complexity index is 447. The predicted molar refractivity (Wildman–Crippen MR) is 53.0 cm³/mol. The number of furan rings is 1. The van der Waals surface area contributed by atoms with E-state index in [9.17, 15) is 4.39 Å². The van der Waals surface area contributed by atoms with Crippen LogP contribution in [0.4, 0.5) is 10.2 Å². The van der Waals surface area contributed by atoms with Crippen molar-refractivity contribution in [2.75, 3.05) is 5.32 Å². The Labute approximate surface area is 90.1 Å². The monoisotopic (exact) mass is 227 g/mol. The van der Waals surface area contributed by atoms with Gasteiger partial charge in [-0.1, -0.05) is 0 Å². The van der Waals surface area contributed by atoms with Crippen LogP contribution in [0.25, 0.3) is 0 Å². The maximum atomic E-state index is 13.1. The summed E-state index contributed by atoms with van der Waals surface area (Å²) in [5, 5.41) is 2.75. The lowest BCUT2D eigenvalue weighted by Crippen LogP contribution is -2.03. The Kier molecular flexibility index (Phi) is 2.82. The molecule has 0 bridgehead atoms. The summed E-state index contributed by atoms with van der Waals surface area (Å²) in [6.07, 6.45) is 2.56. The SMILES string of the molecule is Fc1cnc(Cl)nc1NCc1ccco1. The van der Waals surface area contributed by atoms with Gasteiger partial charge in [0.15, 0.2) is 11.6 Å². The van der Waals surface area contributed by atoms with Gasteiger partial charge in [0.05, 0.1) is 19.0 Å². The Balaban J connectivity index is 2.07. The zero-order chi connectivity index (χ0) is 10.7. The van der Waals surface area contributed by atoms with E-state index < -0.39 is 5.82 Å². The van der Waals surface area contributed by atoms with Crippen molar-refractivity contribution in [1.82, 2.24) is 9.97 Å². The van der Waals surface area contributed by atoms with Crippen molar-refractivity contribution in [2.45, 2.75) is 6.54 Å². The first-order chi connectivity index (χ1) is 7.25. The fourth-order valence-electron chi connectivity index (χ4n) is 1.05. The van der Waals surface area contributed by atoms with Crippen LogP contribution in [0.15, 0.2) is 29.0 Å². The van der Waals surface area contributed by atoms with E-state index in [1.807, 2.05) is 0 Å². The molecular formula is C9H7ClFN3O. The zero-order valence-corrected chi connectivity index (χ0v) is 8.33. The van der Waals surface area contributed by atoms with E-state index in [0.29, 0.717) is 12.3 Å². The van der Waals surface area contributed by atoms with E-state index in [1.54, 1.807) is 18.4 Å². The maximum Gasteiger partial charge on any atom is 0.224 e. The van der Waals surface area contributed by atoms with Crippen LogP contribution in [-0.4, -0.2) is 9.97 Å². The molecule has 0 radical (unpaired) electrons. The van der Waals surface area contributed by atoms with Crippen molar-refractivity contribution in [3.8, 4) is 0 Å². The number of nitrogens with one attached hydrogen (secondary N) is 1. The fourth-order valence-corrected chi connectivity index (χ4v) is 1.19. The predicted octanol–water partition coefficient (Wildman–Crippen LogP) is 2.47. The van der Waals surface area contributed by atoms with Gasteiger partial charge in [-0.15, -0.1) is 0 Å². The molecule has 0 spiro atoms. The first-order valence-electron chi connectivity index (χ1n) is 4.20. The maximum absolute atomic E-state index is 13.1. The molecule has 2 rings (SSSR count). The van der Waals surface area contributed by atoms with Crippen LogP contribution in [0.5, 0.6) is 0 Å². The average Bonchev–Trinajstić information content (AvgIpc) is 2.72. The lowest BCUT2D eigenvalue weighted by molar-refractivity contribution is 0.516. The standard InChI is InChI=1S/C9H7ClFN3O/c10-9-13-5-7(11)8(14-9)12-4-6-2-1-3-15-6/h1-3,5H,4H2,(H,12,13,14). The summed E-state index contributed by atoms with van der Waals surface area (Å²) in [5.41, 5.74) is 0. The molecule has 15 heavy (non-hydrogen) atoms. The van der Waals surface area contributed by atoms with Crippen molar-refractivity contribution in [3.05, 3.63) is 41.5 Å². The summed E-state index contributed by atoms with van der Waals surface area (Å²) in [5.74, 6) is 0.196. The Morgan fingerprint density at radius 3 is 3.13 bits per heavy atom. The molecule has 0 saturated carbocycles. The van der Waals surface area contributed by atoms with Crippen LogP contribution in [-0.2, 0) is 6.54 Å². The lowest BCUT2D eigenvalue weighted by atomic mass is 10.4. The van der Waals surface area contributed by atoms with E-state index in [-0.39, 0.29) is 11.1 Å². The van der Waals surface area contributed by atoms with Gasteiger partial charge in [-0.2, -0.15) is 4.98 Å².